The molecule has 5 aromatic carbocycles. The molecule has 0 spiro atoms. The van der Waals surface area contributed by atoms with Gasteiger partial charge in [-0.3, -0.25) is 0 Å². The second-order valence-corrected chi connectivity index (χ2v) is 11.0. The van der Waals surface area contributed by atoms with E-state index in [-0.39, 0.29) is 26.8 Å². The van der Waals surface area contributed by atoms with E-state index in [1.807, 2.05) is 86.6 Å². The van der Waals surface area contributed by atoms with Crippen molar-refractivity contribution in [3.63, 3.8) is 0 Å². The molecule has 0 aliphatic heterocycles. The van der Waals surface area contributed by atoms with Gasteiger partial charge in [-0.1, -0.05) is 96.2 Å². The van der Waals surface area contributed by atoms with Crippen LogP contribution in [0.5, 0.6) is 23.0 Å². The van der Waals surface area contributed by atoms with Crippen LogP contribution < -0.4 is 18.9 Å². The molecule has 0 atom stereocenters. The normalized spacial score (nSPS) is 10.0. The first-order valence-electron chi connectivity index (χ1n) is 16.0. The maximum Gasteiger partial charge on any atom is 0.188 e. The minimum atomic E-state index is 0.0758. The molecule has 0 N–H and O–H groups in total. The summed E-state index contributed by atoms with van der Waals surface area (Å²) in [4.78, 5) is 0. The van der Waals surface area contributed by atoms with Gasteiger partial charge in [0.1, 0.15) is 36.2 Å². The molecule has 0 amide bonds. The molecule has 0 radical (unpaired) electrons. The van der Waals surface area contributed by atoms with Crippen LogP contribution in [0.2, 0.25) is 0 Å². The summed E-state index contributed by atoms with van der Waals surface area (Å²) in [6.07, 6.45) is 0. The largest absolute Gasteiger partial charge is 0.479 e. The molecule has 6 heteroatoms. The summed E-state index contributed by atoms with van der Waals surface area (Å²) in [5.74, 6) is 27.9. The number of benzene rings is 5. The highest BCUT2D eigenvalue weighted by Crippen LogP contribution is 2.39. The van der Waals surface area contributed by atoms with E-state index in [0.717, 1.165) is 32.7 Å². The lowest BCUT2D eigenvalue weighted by atomic mass is 9.95. The highest BCUT2D eigenvalue weighted by Gasteiger charge is 2.21. The van der Waals surface area contributed by atoms with E-state index in [4.69, 9.17) is 28.4 Å². The third-order valence-electron chi connectivity index (χ3n) is 7.95. The topological polar surface area (TPSA) is 55.4 Å². The highest BCUT2D eigenvalue weighted by molar-refractivity contribution is 5.92. The lowest BCUT2D eigenvalue weighted by Gasteiger charge is -2.19. The van der Waals surface area contributed by atoms with Crippen LogP contribution in [0.1, 0.15) is 47.2 Å². The van der Waals surface area contributed by atoms with E-state index in [1.165, 1.54) is 0 Å². The molecule has 0 aromatic heterocycles. The van der Waals surface area contributed by atoms with E-state index < -0.39 is 0 Å². The second-order valence-electron chi connectivity index (χ2n) is 11.0. The van der Waals surface area contributed by atoms with Crippen molar-refractivity contribution in [1.82, 2.24) is 0 Å². The van der Waals surface area contributed by atoms with E-state index in [2.05, 4.69) is 47.4 Å². The van der Waals surface area contributed by atoms with Crippen LogP contribution in [-0.2, 0) is 9.47 Å². The van der Waals surface area contributed by atoms with Crippen molar-refractivity contribution in [1.29, 1.82) is 0 Å². The van der Waals surface area contributed by atoms with Crippen molar-refractivity contribution in [3.8, 4) is 70.4 Å². The lowest BCUT2D eigenvalue weighted by molar-refractivity contribution is 0.0509. The number of hydrogen-bond donors (Lipinski definition) is 0. The number of rotatable bonds is 10. The maximum absolute atomic E-state index is 6.36. The van der Waals surface area contributed by atoms with Crippen LogP contribution in [0.3, 0.4) is 0 Å². The third kappa shape index (κ3) is 7.98. The zero-order valence-electron chi connectivity index (χ0n) is 29.2. The number of hydrogen-bond acceptors (Lipinski definition) is 6. The van der Waals surface area contributed by atoms with Crippen molar-refractivity contribution in [2.75, 3.05) is 41.0 Å². The number of fused-ring (bicyclic) bond motifs is 2. The fourth-order valence-corrected chi connectivity index (χ4v) is 5.40. The summed E-state index contributed by atoms with van der Waals surface area (Å²) in [5, 5.41) is 3.93. The van der Waals surface area contributed by atoms with Gasteiger partial charge in [0.2, 0.25) is 0 Å². The molecule has 0 fully saturated rings. The standard InChI is InChI=1S/C44H38O6/c1-7-9-27-47-43-31(3)32(4)44(48-28-10-8-2)40(24-22-38-36-18-14-12-16-34(36)20-26-42(38)50-30-46-6)39(43)23-21-37-35-17-13-11-15-33(35)19-25-41(37)49-29-45-5/h11-20,25-26H,27-30H2,1-6H3. The Morgan fingerprint density at radius 1 is 0.480 bits per heavy atom. The van der Waals surface area contributed by atoms with Crippen molar-refractivity contribution in [2.45, 2.75) is 27.7 Å². The Morgan fingerprint density at radius 2 is 0.880 bits per heavy atom. The average Bonchev–Trinajstić information content (AvgIpc) is 3.14. The molecule has 0 aliphatic carbocycles. The molecular formula is C44H38O6. The highest BCUT2D eigenvalue weighted by atomic mass is 16.7. The van der Waals surface area contributed by atoms with Crippen LogP contribution in [0.25, 0.3) is 21.5 Å². The van der Waals surface area contributed by atoms with Crippen LogP contribution in [0.4, 0.5) is 0 Å². The van der Waals surface area contributed by atoms with Crippen LogP contribution >= 0.6 is 0 Å². The smallest absolute Gasteiger partial charge is 0.188 e. The summed E-state index contributed by atoms with van der Waals surface area (Å²) >= 11 is 0. The SMILES string of the molecule is CC#CCOc1c(C)c(C)c(OCC#CC)c(C#Cc2c(OCOC)ccc3ccccc23)c1C#Cc1c(OCOC)ccc2ccccc12. The van der Waals surface area contributed by atoms with Gasteiger partial charge in [0.15, 0.2) is 13.6 Å². The molecule has 0 saturated heterocycles. The Bertz CT molecular complexity index is 2110. The molecule has 5 aromatic rings. The van der Waals surface area contributed by atoms with Crippen LogP contribution in [0.15, 0.2) is 72.8 Å². The fraction of sp³-hybridized carbons (Fsp3) is 0.227. The zero-order valence-corrected chi connectivity index (χ0v) is 29.2. The predicted octanol–water partition coefficient (Wildman–Crippen LogP) is 8.18. The van der Waals surface area contributed by atoms with Crippen LogP contribution in [0, 0.1) is 61.2 Å². The molecule has 250 valence electrons. The summed E-state index contributed by atoms with van der Waals surface area (Å²) in [5.41, 5.74) is 4.26. The summed E-state index contributed by atoms with van der Waals surface area (Å²) < 4.78 is 35.1. The number of ether oxygens (including phenoxy) is 6. The van der Waals surface area contributed by atoms with Crippen molar-refractivity contribution in [3.05, 3.63) is 106 Å². The van der Waals surface area contributed by atoms with Gasteiger partial charge < -0.3 is 28.4 Å². The molecule has 0 heterocycles. The molecule has 6 nitrogen and oxygen atoms in total. The van der Waals surface area contributed by atoms with E-state index >= 15 is 0 Å². The van der Waals surface area contributed by atoms with E-state index in [9.17, 15) is 0 Å². The Kier molecular flexibility index (Phi) is 12.3. The fourth-order valence-electron chi connectivity index (χ4n) is 5.40. The maximum atomic E-state index is 6.36. The van der Waals surface area contributed by atoms with Crippen molar-refractivity contribution >= 4 is 21.5 Å². The monoisotopic (exact) mass is 662 g/mol. The molecule has 0 saturated carbocycles. The van der Waals surface area contributed by atoms with Crippen LogP contribution in [-0.4, -0.2) is 41.0 Å². The first-order chi connectivity index (χ1) is 24.5. The van der Waals surface area contributed by atoms with Gasteiger partial charge in [0.25, 0.3) is 0 Å². The Labute approximate surface area is 294 Å². The third-order valence-corrected chi connectivity index (χ3v) is 7.95. The van der Waals surface area contributed by atoms with Crippen molar-refractivity contribution in [2.24, 2.45) is 0 Å². The first kappa shape index (κ1) is 35.3. The van der Waals surface area contributed by atoms with Gasteiger partial charge >= 0.3 is 0 Å². The second kappa shape index (κ2) is 17.4. The molecular weight excluding hydrogens is 624 g/mol. The minimum absolute atomic E-state index is 0.0758. The zero-order chi connectivity index (χ0) is 35.3. The van der Waals surface area contributed by atoms with Gasteiger partial charge in [-0.05, 0) is 61.7 Å². The molecule has 0 aliphatic rings. The average molecular weight is 663 g/mol. The van der Waals surface area contributed by atoms with E-state index in [0.29, 0.717) is 45.3 Å². The van der Waals surface area contributed by atoms with Crippen molar-refractivity contribution < 1.29 is 28.4 Å². The molecule has 5 rings (SSSR count). The Hall–Kier alpha value is -6.02. The molecule has 0 unspecified atom stereocenters. The van der Waals surface area contributed by atoms with Gasteiger partial charge in [0, 0.05) is 25.0 Å². The lowest BCUT2D eigenvalue weighted by Crippen LogP contribution is -2.07. The van der Waals surface area contributed by atoms with Gasteiger partial charge in [0.05, 0.1) is 22.3 Å². The predicted molar refractivity (Wildman–Crippen MR) is 199 cm³/mol. The van der Waals surface area contributed by atoms with Gasteiger partial charge in [-0.2, -0.15) is 0 Å². The van der Waals surface area contributed by atoms with Gasteiger partial charge in [-0.25, -0.2) is 0 Å². The Balaban J connectivity index is 1.84. The Morgan fingerprint density at radius 3 is 1.28 bits per heavy atom. The number of methoxy groups -OCH3 is 2. The summed E-state index contributed by atoms with van der Waals surface area (Å²) in [6.45, 7) is 8.02. The van der Waals surface area contributed by atoms with E-state index in [1.54, 1.807) is 28.1 Å². The van der Waals surface area contributed by atoms with Gasteiger partial charge in [-0.15, -0.1) is 11.8 Å². The summed E-state index contributed by atoms with van der Waals surface area (Å²) in [7, 11) is 3.17. The quantitative estimate of drug-likeness (QED) is 0.111. The molecule has 50 heavy (non-hydrogen) atoms. The summed E-state index contributed by atoms with van der Waals surface area (Å²) in [6, 6.07) is 23.9. The molecule has 0 bridgehead atoms. The first-order valence-corrected chi connectivity index (χ1v) is 16.0. The minimum Gasteiger partial charge on any atom is -0.479 e.